The van der Waals surface area contributed by atoms with Crippen LogP contribution in [0.25, 0.3) is 0 Å². The van der Waals surface area contributed by atoms with Crippen LogP contribution in [0.5, 0.6) is 0 Å². The fraction of sp³-hybridized carbons (Fsp3) is 0.364. The second kappa shape index (κ2) is 6.07. The summed E-state index contributed by atoms with van der Waals surface area (Å²) in [5.74, 6) is -0.625. The molecule has 0 saturated heterocycles. The van der Waals surface area contributed by atoms with Crippen molar-refractivity contribution in [1.29, 1.82) is 0 Å². The van der Waals surface area contributed by atoms with Crippen LogP contribution in [0.1, 0.15) is 12.8 Å². The van der Waals surface area contributed by atoms with E-state index in [2.05, 4.69) is 5.32 Å². The minimum atomic E-state index is -0.489. The number of hydrogen-bond donors (Lipinski definition) is 2. The van der Waals surface area contributed by atoms with Crippen LogP contribution < -0.4 is 11.1 Å². The van der Waals surface area contributed by atoms with Gasteiger partial charge >= 0.3 is 0 Å². The fourth-order valence-corrected chi connectivity index (χ4v) is 1.22. The summed E-state index contributed by atoms with van der Waals surface area (Å²) in [4.78, 5) is 11.4. The molecule has 1 aromatic carbocycles. The predicted octanol–water partition coefficient (Wildman–Crippen LogP) is 1.77. The molecule has 0 saturated carbocycles. The number of ether oxygens (including phenoxy) is 1. The van der Waals surface area contributed by atoms with E-state index >= 15 is 0 Å². The monoisotopic (exact) mass is 226 g/mol. The van der Waals surface area contributed by atoms with Gasteiger partial charge in [0.05, 0.1) is 5.69 Å². The Bertz CT molecular complexity index is 369. The summed E-state index contributed by atoms with van der Waals surface area (Å²) < 4.78 is 17.7. The maximum Gasteiger partial charge on any atom is 0.224 e. The molecule has 3 N–H and O–H groups in total. The van der Waals surface area contributed by atoms with Crippen molar-refractivity contribution in [2.24, 2.45) is 0 Å². The van der Waals surface area contributed by atoms with E-state index in [9.17, 15) is 9.18 Å². The summed E-state index contributed by atoms with van der Waals surface area (Å²) in [6.07, 6.45) is 1.02. The summed E-state index contributed by atoms with van der Waals surface area (Å²) in [5, 5.41) is 2.63. The molecule has 0 spiro atoms. The molecule has 5 heteroatoms. The highest BCUT2D eigenvalue weighted by molar-refractivity contribution is 5.91. The van der Waals surface area contributed by atoms with E-state index in [0.717, 1.165) is 0 Å². The molecule has 0 heterocycles. The van der Waals surface area contributed by atoms with Crippen molar-refractivity contribution in [2.45, 2.75) is 12.8 Å². The van der Waals surface area contributed by atoms with Crippen LogP contribution in [-0.4, -0.2) is 19.6 Å². The van der Waals surface area contributed by atoms with Gasteiger partial charge in [-0.25, -0.2) is 4.39 Å². The SMILES string of the molecule is COCCCC(=O)Nc1ccc(F)c(N)c1. The summed E-state index contributed by atoms with van der Waals surface area (Å²) in [6, 6.07) is 4.09. The van der Waals surface area contributed by atoms with Crippen molar-refractivity contribution in [3.8, 4) is 0 Å². The first-order chi connectivity index (χ1) is 7.63. The van der Waals surface area contributed by atoms with Gasteiger partial charge in [0.2, 0.25) is 5.91 Å². The molecule has 1 rings (SSSR count). The zero-order chi connectivity index (χ0) is 12.0. The lowest BCUT2D eigenvalue weighted by atomic mass is 10.2. The number of carbonyl (C=O) groups excluding carboxylic acids is 1. The average Bonchev–Trinajstić information content (AvgIpc) is 2.24. The highest BCUT2D eigenvalue weighted by Crippen LogP contribution is 2.16. The quantitative estimate of drug-likeness (QED) is 0.594. The second-order valence-corrected chi connectivity index (χ2v) is 3.38. The van der Waals surface area contributed by atoms with Crippen LogP contribution in [-0.2, 0) is 9.53 Å². The molecular weight excluding hydrogens is 211 g/mol. The molecule has 0 unspecified atom stereocenters. The largest absolute Gasteiger partial charge is 0.396 e. The number of hydrogen-bond acceptors (Lipinski definition) is 3. The van der Waals surface area contributed by atoms with Crippen molar-refractivity contribution in [3.05, 3.63) is 24.0 Å². The Balaban J connectivity index is 2.46. The minimum absolute atomic E-state index is 0.0229. The predicted molar refractivity (Wildman–Crippen MR) is 60.6 cm³/mol. The third-order valence-corrected chi connectivity index (χ3v) is 2.03. The number of nitrogens with one attached hydrogen (secondary N) is 1. The minimum Gasteiger partial charge on any atom is -0.396 e. The zero-order valence-electron chi connectivity index (χ0n) is 9.13. The van der Waals surface area contributed by atoms with Crippen molar-refractivity contribution in [1.82, 2.24) is 0 Å². The van der Waals surface area contributed by atoms with Gasteiger partial charge in [0.15, 0.2) is 0 Å². The number of benzene rings is 1. The van der Waals surface area contributed by atoms with Crippen molar-refractivity contribution in [3.63, 3.8) is 0 Å². The lowest BCUT2D eigenvalue weighted by Gasteiger charge is -2.06. The Morgan fingerprint density at radius 3 is 2.94 bits per heavy atom. The number of methoxy groups -OCH3 is 1. The summed E-state index contributed by atoms with van der Waals surface area (Å²) in [5.41, 5.74) is 5.90. The van der Waals surface area contributed by atoms with Gasteiger partial charge in [0.25, 0.3) is 0 Å². The lowest BCUT2D eigenvalue weighted by molar-refractivity contribution is -0.116. The normalized spacial score (nSPS) is 10.1. The highest BCUT2D eigenvalue weighted by Gasteiger charge is 2.04. The average molecular weight is 226 g/mol. The number of halogens is 1. The first-order valence-electron chi connectivity index (χ1n) is 4.97. The van der Waals surface area contributed by atoms with Crippen molar-refractivity contribution < 1.29 is 13.9 Å². The third-order valence-electron chi connectivity index (χ3n) is 2.03. The van der Waals surface area contributed by atoms with E-state index in [1.54, 1.807) is 7.11 Å². The highest BCUT2D eigenvalue weighted by atomic mass is 19.1. The lowest BCUT2D eigenvalue weighted by Crippen LogP contribution is -2.12. The van der Waals surface area contributed by atoms with Crippen LogP contribution in [0.3, 0.4) is 0 Å². The van der Waals surface area contributed by atoms with Gasteiger partial charge in [-0.15, -0.1) is 0 Å². The van der Waals surface area contributed by atoms with E-state index in [1.165, 1.54) is 18.2 Å². The number of rotatable bonds is 5. The Kier molecular flexibility index (Phi) is 4.72. The van der Waals surface area contributed by atoms with E-state index in [4.69, 9.17) is 10.5 Å². The Hall–Kier alpha value is -1.62. The number of nitrogens with two attached hydrogens (primary N) is 1. The fourth-order valence-electron chi connectivity index (χ4n) is 1.22. The number of nitrogen functional groups attached to an aromatic ring is 1. The molecule has 4 nitrogen and oxygen atoms in total. The van der Waals surface area contributed by atoms with E-state index < -0.39 is 5.82 Å². The molecule has 88 valence electrons. The Morgan fingerprint density at radius 2 is 2.31 bits per heavy atom. The van der Waals surface area contributed by atoms with Crippen LogP contribution in [0.2, 0.25) is 0 Å². The molecule has 0 bridgehead atoms. The van der Waals surface area contributed by atoms with Gasteiger partial charge in [0.1, 0.15) is 5.82 Å². The van der Waals surface area contributed by atoms with Crippen LogP contribution in [0.4, 0.5) is 15.8 Å². The second-order valence-electron chi connectivity index (χ2n) is 3.38. The molecule has 0 aliphatic carbocycles. The maximum atomic E-state index is 12.8. The smallest absolute Gasteiger partial charge is 0.224 e. The van der Waals surface area contributed by atoms with E-state index in [1.807, 2.05) is 0 Å². The van der Waals surface area contributed by atoms with Gasteiger partial charge in [-0.3, -0.25) is 4.79 Å². The molecule has 1 aromatic rings. The summed E-state index contributed by atoms with van der Waals surface area (Å²) in [6.45, 7) is 0.541. The molecule has 0 aliphatic rings. The molecule has 0 aromatic heterocycles. The maximum absolute atomic E-state index is 12.8. The number of amides is 1. The standard InChI is InChI=1S/C11H15FN2O2/c1-16-6-2-3-11(15)14-8-4-5-9(12)10(13)7-8/h4-5,7H,2-3,6,13H2,1H3,(H,14,15). The molecule has 0 fully saturated rings. The summed E-state index contributed by atoms with van der Waals surface area (Å²) in [7, 11) is 1.58. The van der Waals surface area contributed by atoms with Gasteiger partial charge in [-0.2, -0.15) is 0 Å². The third kappa shape index (κ3) is 3.86. The first-order valence-corrected chi connectivity index (χ1v) is 4.97. The van der Waals surface area contributed by atoms with E-state index in [-0.39, 0.29) is 11.6 Å². The van der Waals surface area contributed by atoms with Gasteiger partial charge in [-0.05, 0) is 24.6 Å². The van der Waals surface area contributed by atoms with Gasteiger partial charge in [-0.1, -0.05) is 0 Å². The molecular formula is C11H15FN2O2. The Morgan fingerprint density at radius 1 is 1.56 bits per heavy atom. The molecule has 0 atom stereocenters. The topological polar surface area (TPSA) is 64.3 Å². The molecule has 16 heavy (non-hydrogen) atoms. The van der Waals surface area contributed by atoms with Gasteiger partial charge in [0, 0.05) is 25.8 Å². The van der Waals surface area contributed by atoms with Gasteiger partial charge < -0.3 is 15.8 Å². The van der Waals surface area contributed by atoms with Crippen LogP contribution >= 0.6 is 0 Å². The van der Waals surface area contributed by atoms with Crippen molar-refractivity contribution >= 4 is 17.3 Å². The molecule has 0 radical (unpaired) electrons. The first kappa shape index (κ1) is 12.4. The number of carbonyl (C=O) groups is 1. The van der Waals surface area contributed by atoms with E-state index in [0.29, 0.717) is 25.1 Å². The Labute approximate surface area is 93.6 Å². The zero-order valence-corrected chi connectivity index (χ0v) is 9.13. The summed E-state index contributed by atoms with van der Waals surface area (Å²) >= 11 is 0. The molecule has 1 amide bonds. The number of anilines is 2. The van der Waals surface area contributed by atoms with Crippen LogP contribution in [0, 0.1) is 5.82 Å². The van der Waals surface area contributed by atoms with Crippen LogP contribution in [0.15, 0.2) is 18.2 Å². The van der Waals surface area contributed by atoms with Crippen molar-refractivity contribution in [2.75, 3.05) is 24.8 Å². The molecule has 0 aliphatic heterocycles.